The van der Waals surface area contributed by atoms with E-state index < -0.39 is 0 Å². The number of fused-ring (bicyclic) bond motifs is 6. The van der Waals surface area contributed by atoms with E-state index in [2.05, 4.69) is 100 Å². The second-order valence-corrected chi connectivity index (χ2v) is 9.52. The Kier molecular flexibility index (Phi) is 7.34. The van der Waals surface area contributed by atoms with Gasteiger partial charge in [0.05, 0.1) is 0 Å². The first-order valence-corrected chi connectivity index (χ1v) is 12.1. The molecular weight excluding hydrogens is 426 g/mol. The number of ether oxygens (including phenoxy) is 1. The van der Waals surface area contributed by atoms with Crippen molar-refractivity contribution in [1.29, 1.82) is 0 Å². The highest BCUT2D eigenvalue weighted by Gasteiger charge is 2.20. The molecule has 6 bridgehead atoms. The molecule has 0 radical (unpaired) electrons. The lowest BCUT2D eigenvalue weighted by molar-refractivity contribution is 0.305. The second kappa shape index (κ2) is 10.6. The molecule has 0 aromatic heterocycles. The summed E-state index contributed by atoms with van der Waals surface area (Å²) >= 11 is 0. The fourth-order valence-electron chi connectivity index (χ4n) is 4.49. The Morgan fingerprint density at radius 2 is 1.86 bits per heavy atom. The molecule has 35 heavy (non-hydrogen) atoms. The van der Waals surface area contributed by atoms with Gasteiger partial charge in [0.25, 0.3) is 0 Å². The molecule has 0 saturated carbocycles. The molecule has 3 aromatic carbocycles. The molecule has 0 spiro atoms. The van der Waals surface area contributed by atoms with Gasteiger partial charge in [0.15, 0.2) is 0 Å². The molecule has 1 atom stereocenters. The Bertz CT molecular complexity index is 1370. The molecule has 0 saturated heterocycles. The molecule has 2 heteroatoms. The van der Waals surface area contributed by atoms with Crippen LogP contribution in [0.1, 0.15) is 65.6 Å². The van der Waals surface area contributed by atoms with Gasteiger partial charge in [-0.25, -0.2) is 0 Å². The zero-order valence-electron chi connectivity index (χ0n) is 21.1. The van der Waals surface area contributed by atoms with E-state index in [1.165, 1.54) is 27.8 Å². The summed E-state index contributed by atoms with van der Waals surface area (Å²) in [5.74, 6) is 1.29. The Balaban J connectivity index is 1.98. The van der Waals surface area contributed by atoms with E-state index in [1.54, 1.807) is 0 Å². The van der Waals surface area contributed by atoms with Gasteiger partial charge in [0, 0.05) is 18.3 Å². The maximum absolute atomic E-state index is 6.24. The number of hydrogen-bond donors (Lipinski definition) is 0. The molecule has 4 rings (SSSR count). The van der Waals surface area contributed by atoms with E-state index in [1.807, 2.05) is 30.6 Å². The topological polar surface area (TPSA) is 21.6 Å². The van der Waals surface area contributed by atoms with Crippen LogP contribution < -0.4 is 4.74 Å². The fourth-order valence-corrected chi connectivity index (χ4v) is 4.49. The van der Waals surface area contributed by atoms with Crippen LogP contribution in [-0.4, -0.2) is 6.21 Å². The smallest absolute Gasteiger partial charge is 0.120 e. The van der Waals surface area contributed by atoms with Crippen LogP contribution in [0.4, 0.5) is 0 Å². The summed E-state index contributed by atoms with van der Waals surface area (Å²) in [6.07, 6.45) is 5.89. The van der Waals surface area contributed by atoms with Crippen LogP contribution >= 0.6 is 0 Å². The van der Waals surface area contributed by atoms with Gasteiger partial charge < -0.3 is 4.74 Å². The lowest BCUT2D eigenvalue weighted by atomic mass is 9.82. The molecule has 0 aliphatic carbocycles. The Morgan fingerprint density at radius 3 is 2.63 bits per heavy atom. The van der Waals surface area contributed by atoms with Crippen LogP contribution in [0.5, 0.6) is 5.75 Å². The standard InChI is InChI=1S/C33H33NO/c1-7-9-26-14-15-29-18-32(26)25(6)27-10-8-11-31(17-27)35-21-30-16-28(13-12-23(30)4)33(29)24(5)20-34-19-22(2)3/h8-20,22,33H,1,6,21H2,2-5H3/b24-20+,34-19?. The summed E-state index contributed by atoms with van der Waals surface area (Å²) in [6, 6.07) is 21.4. The SMILES string of the molecule is C=C=Cc1ccc2cc1C(=C)c1cccc(c1)OCc1cc(ccc1C)C2/C(C)=C/N=CC(C)C. The van der Waals surface area contributed by atoms with E-state index in [0.29, 0.717) is 12.5 Å². The monoisotopic (exact) mass is 459 g/mol. The number of rotatable bonds is 4. The summed E-state index contributed by atoms with van der Waals surface area (Å²) in [7, 11) is 0. The zero-order chi connectivity index (χ0) is 24.9. The highest BCUT2D eigenvalue weighted by molar-refractivity contribution is 5.84. The van der Waals surface area contributed by atoms with E-state index in [4.69, 9.17) is 4.74 Å². The van der Waals surface area contributed by atoms with Crippen molar-refractivity contribution in [3.63, 3.8) is 0 Å². The minimum atomic E-state index is 0.0517. The summed E-state index contributed by atoms with van der Waals surface area (Å²) < 4.78 is 6.24. The van der Waals surface area contributed by atoms with Crippen LogP contribution in [0.15, 0.2) is 96.3 Å². The van der Waals surface area contributed by atoms with E-state index in [0.717, 1.165) is 28.0 Å². The summed E-state index contributed by atoms with van der Waals surface area (Å²) in [6.45, 7) is 17.3. The van der Waals surface area contributed by atoms with Crippen molar-refractivity contribution in [2.45, 2.75) is 40.2 Å². The first-order valence-electron chi connectivity index (χ1n) is 12.1. The lowest BCUT2D eigenvalue weighted by Crippen LogP contribution is -2.06. The number of aryl methyl sites for hydroxylation is 1. The highest BCUT2D eigenvalue weighted by atomic mass is 16.5. The molecule has 2 nitrogen and oxygen atoms in total. The molecule has 1 aliphatic rings. The van der Waals surface area contributed by atoms with Crippen molar-refractivity contribution in [1.82, 2.24) is 0 Å². The molecule has 3 aromatic rings. The average Bonchev–Trinajstić information content (AvgIpc) is 2.84. The van der Waals surface area contributed by atoms with Crippen molar-refractivity contribution in [3.05, 3.63) is 130 Å². The molecule has 0 fully saturated rings. The van der Waals surface area contributed by atoms with Gasteiger partial charge in [-0.05, 0) is 94.1 Å². The zero-order valence-corrected chi connectivity index (χ0v) is 21.1. The van der Waals surface area contributed by atoms with Gasteiger partial charge in [0.2, 0.25) is 0 Å². The van der Waals surface area contributed by atoms with Gasteiger partial charge in [0.1, 0.15) is 12.4 Å². The molecule has 1 unspecified atom stereocenters. The van der Waals surface area contributed by atoms with Gasteiger partial charge in [-0.15, -0.1) is 5.73 Å². The van der Waals surface area contributed by atoms with Crippen LogP contribution in [0.2, 0.25) is 0 Å². The average molecular weight is 460 g/mol. The van der Waals surface area contributed by atoms with Crippen molar-refractivity contribution >= 4 is 17.9 Å². The molecular formula is C33H33NO. The van der Waals surface area contributed by atoms with Gasteiger partial charge in [-0.2, -0.15) is 0 Å². The lowest BCUT2D eigenvalue weighted by Gasteiger charge is -2.22. The molecule has 176 valence electrons. The van der Waals surface area contributed by atoms with Crippen molar-refractivity contribution in [2.24, 2.45) is 10.9 Å². The van der Waals surface area contributed by atoms with Crippen molar-refractivity contribution in [3.8, 4) is 5.75 Å². The second-order valence-electron chi connectivity index (χ2n) is 9.52. The van der Waals surface area contributed by atoms with Gasteiger partial charge >= 0.3 is 0 Å². The van der Waals surface area contributed by atoms with E-state index in [9.17, 15) is 0 Å². The number of benzene rings is 3. The third-order valence-corrected chi connectivity index (χ3v) is 6.39. The maximum Gasteiger partial charge on any atom is 0.120 e. The predicted octanol–water partition coefficient (Wildman–Crippen LogP) is 8.51. The number of aliphatic imine (C=N–C) groups is 1. The highest BCUT2D eigenvalue weighted by Crippen LogP contribution is 2.37. The van der Waals surface area contributed by atoms with Crippen molar-refractivity contribution in [2.75, 3.05) is 0 Å². The number of allylic oxidation sites excluding steroid dienone is 1. The summed E-state index contributed by atoms with van der Waals surface area (Å²) in [5.41, 5.74) is 13.0. The van der Waals surface area contributed by atoms with Crippen LogP contribution in [0.25, 0.3) is 11.6 Å². The number of nitrogens with zero attached hydrogens (tertiary/aromatic N) is 1. The van der Waals surface area contributed by atoms with Crippen LogP contribution in [0, 0.1) is 12.8 Å². The third kappa shape index (κ3) is 5.45. The molecule has 1 heterocycles. The van der Waals surface area contributed by atoms with Gasteiger partial charge in [-0.3, -0.25) is 4.99 Å². The quantitative estimate of drug-likeness (QED) is 0.283. The van der Waals surface area contributed by atoms with E-state index >= 15 is 0 Å². The fraction of sp³-hybridized carbons (Fsp3) is 0.212. The first kappa shape index (κ1) is 24.3. The normalized spacial score (nSPS) is 15.6. The minimum absolute atomic E-state index is 0.0517. The largest absolute Gasteiger partial charge is 0.489 e. The maximum atomic E-state index is 6.24. The Morgan fingerprint density at radius 1 is 1.09 bits per heavy atom. The van der Waals surface area contributed by atoms with Gasteiger partial charge in [-0.1, -0.05) is 69.5 Å². The Hall–Kier alpha value is -3.87. The predicted molar refractivity (Wildman–Crippen MR) is 149 cm³/mol. The molecule has 0 N–H and O–H groups in total. The third-order valence-electron chi connectivity index (χ3n) is 6.39. The summed E-state index contributed by atoms with van der Waals surface area (Å²) in [4.78, 5) is 4.61. The minimum Gasteiger partial charge on any atom is -0.489 e. The van der Waals surface area contributed by atoms with Crippen LogP contribution in [-0.2, 0) is 6.61 Å². The van der Waals surface area contributed by atoms with Crippen LogP contribution in [0.3, 0.4) is 0 Å². The Labute approximate surface area is 209 Å². The summed E-state index contributed by atoms with van der Waals surface area (Å²) in [5, 5.41) is 0. The number of hydrogen-bond acceptors (Lipinski definition) is 2. The van der Waals surface area contributed by atoms with Crippen molar-refractivity contribution < 1.29 is 4.74 Å². The van der Waals surface area contributed by atoms with E-state index in [-0.39, 0.29) is 5.92 Å². The first-order chi connectivity index (χ1) is 16.9. The molecule has 1 aliphatic heterocycles. The molecule has 0 amide bonds.